The Balaban J connectivity index is 0.000000141. The van der Waals surface area contributed by atoms with E-state index in [1.807, 2.05) is 0 Å². The summed E-state index contributed by atoms with van der Waals surface area (Å²) in [5, 5.41) is 24.5. The summed E-state index contributed by atoms with van der Waals surface area (Å²) in [6.45, 7) is 2.24. The average Bonchev–Trinajstić information content (AvgIpc) is 2.67. The van der Waals surface area contributed by atoms with Gasteiger partial charge in [0.15, 0.2) is 0 Å². The van der Waals surface area contributed by atoms with Gasteiger partial charge >= 0.3 is 0 Å². The van der Waals surface area contributed by atoms with Crippen molar-refractivity contribution in [1.82, 2.24) is 10.6 Å². The summed E-state index contributed by atoms with van der Waals surface area (Å²) < 4.78 is 0. The highest BCUT2D eigenvalue weighted by atomic mass is 16.3. The zero-order chi connectivity index (χ0) is 16.8. The molecule has 2 aromatic rings. The van der Waals surface area contributed by atoms with Gasteiger partial charge in [-0.3, -0.25) is 0 Å². The van der Waals surface area contributed by atoms with Gasteiger partial charge in [0.2, 0.25) is 0 Å². The van der Waals surface area contributed by atoms with Crippen molar-refractivity contribution in [2.75, 3.05) is 13.2 Å². The zero-order valence-corrected chi connectivity index (χ0v) is 13.9. The number of nitrogens with one attached hydrogen (secondary N) is 2. The van der Waals surface area contributed by atoms with Gasteiger partial charge in [0, 0.05) is 25.2 Å². The highest BCUT2D eigenvalue weighted by molar-refractivity contribution is 5.30. The Bertz CT molecular complexity index is 602. The van der Waals surface area contributed by atoms with Gasteiger partial charge in [-0.15, -0.1) is 0 Å². The summed E-state index contributed by atoms with van der Waals surface area (Å²) in [5.74, 6) is 0. The fourth-order valence-corrected chi connectivity index (χ4v) is 3.30. The van der Waals surface area contributed by atoms with Crippen molar-refractivity contribution >= 4 is 0 Å². The van der Waals surface area contributed by atoms with E-state index in [-0.39, 0.29) is 25.3 Å². The van der Waals surface area contributed by atoms with E-state index in [0.717, 1.165) is 25.9 Å². The monoisotopic (exact) mass is 326 g/mol. The number of benzene rings is 2. The molecule has 0 saturated heterocycles. The van der Waals surface area contributed by atoms with Crippen molar-refractivity contribution in [2.45, 2.75) is 38.0 Å². The topological polar surface area (TPSA) is 64.5 Å². The van der Waals surface area contributed by atoms with Crippen LogP contribution >= 0.6 is 0 Å². The van der Waals surface area contributed by atoms with E-state index in [4.69, 9.17) is 10.2 Å². The second-order valence-corrected chi connectivity index (χ2v) is 6.47. The Labute approximate surface area is 143 Å². The first-order valence-electron chi connectivity index (χ1n) is 8.62. The van der Waals surface area contributed by atoms with Gasteiger partial charge in [-0.2, -0.15) is 0 Å². The summed E-state index contributed by atoms with van der Waals surface area (Å²) in [7, 11) is 0. The maximum Gasteiger partial charge on any atom is 0.0587 e. The molecule has 0 radical (unpaired) electrons. The maximum atomic E-state index is 8.95. The van der Waals surface area contributed by atoms with E-state index < -0.39 is 0 Å². The number of aliphatic hydroxyl groups is 2. The zero-order valence-electron chi connectivity index (χ0n) is 13.9. The minimum atomic E-state index is 0.230. The van der Waals surface area contributed by atoms with Crippen molar-refractivity contribution in [1.29, 1.82) is 0 Å². The number of hydrogen-bond donors (Lipinski definition) is 4. The number of rotatable bonds is 2. The summed E-state index contributed by atoms with van der Waals surface area (Å²) in [6.07, 6.45) is 1.90. The Morgan fingerprint density at radius 2 is 1.04 bits per heavy atom. The molecular weight excluding hydrogens is 300 g/mol. The molecule has 0 aromatic heterocycles. The highest BCUT2D eigenvalue weighted by Gasteiger charge is 2.16. The normalized spacial score (nSPS) is 21.9. The van der Waals surface area contributed by atoms with Gasteiger partial charge in [0.05, 0.1) is 13.2 Å². The van der Waals surface area contributed by atoms with E-state index in [9.17, 15) is 0 Å². The maximum absolute atomic E-state index is 8.95. The molecule has 128 valence electrons. The molecule has 4 N–H and O–H groups in total. The summed E-state index contributed by atoms with van der Waals surface area (Å²) >= 11 is 0. The SMILES string of the molecule is OCC1Cc2ccccc2CN1.OCC1Cc2ccccc2CN1. The van der Waals surface area contributed by atoms with Crippen LogP contribution in [0.1, 0.15) is 22.3 Å². The fraction of sp³-hybridized carbons (Fsp3) is 0.400. The molecule has 2 aliphatic heterocycles. The third-order valence-electron chi connectivity index (χ3n) is 4.77. The minimum absolute atomic E-state index is 0.230. The third kappa shape index (κ3) is 4.22. The molecule has 0 bridgehead atoms. The molecule has 24 heavy (non-hydrogen) atoms. The lowest BCUT2D eigenvalue weighted by molar-refractivity contribution is 0.235. The van der Waals surface area contributed by atoms with Crippen LogP contribution in [0.25, 0.3) is 0 Å². The summed E-state index contributed by atoms with van der Waals surface area (Å²) in [5.41, 5.74) is 5.47. The van der Waals surface area contributed by atoms with Crippen molar-refractivity contribution in [2.24, 2.45) is 0 Å². The Hall–Kier alpha value is -1.72. The number of aliphatic hydroxyl groups excluding tert-OH is 2. The first kappa shape index (κ1) is 17.1. The van der Waals surface area contributed by atoms with Crippen molar-refractivity contribution in [3.05, 3.63) is 70.8 Å². The van der Waals surface area contributed by atoms with Gasteiger partial charge in [0.1, 0.15) is 0 Å². The molecule has 0 saturated carbocycles. The molecule has 0 aliphatic carbocycles. The van der Waals surface area contributed by atoms with Crippen LogP contribution in [-0.2, 0) is 25.9 Å². The lowest BCUT2D eigenvalue weighted by Crippen LogP contribution is -2.38. The standard InChI is InChI=1S/2C10H13NO/c2*12-7-10-5-8-3-1-2-4-9(8)6-11-10/h2*1-4,10-12H,5-7H2. The molecule has 2 heterocycles. The van der Waals surface area contributed by atoms with Crippen LogP contribution < -0.4 is 10.6 Å². The van der Waals surface area contributed by atoms with Gasteiger partial charge in [-0.05, 0) is 35.1 Å². The summed E-state index contributed by atoms with van der Waals surface area (Å²) in [4.78, 5) is 0. The molecule has 2 unspecified atom stereocenters. The van der Waals surface area contributed by atoms with E-state index in [0.29, 0.717) is 0 Å². The molecule has 4 nitrogen and oxygen atoms in total. The lowest BCUT2D eigenvalue weighted by Gasteiger charge is -2.24. The predicted molar refractivity (Wildman–Crippen MR) is 95.7 cm³/mol. The van der Waals surface area contributed by atoms with Crippen LogP contribution in [0.3, 0.4) is 0 Å². The lowest BCUT2D eigenvalue weighted by atomic mass is 9.96. The molecule has 0 amide bonds. The largest absolute Gasteiger partial charge is 0.395 e. The van der Waals surface area contributed by atoms with Crippen LogP contribution in [0.5, 0.6) is 0 Å². The molecule has 0 fully saturated rings. The van der Waals surface area contributed by atoms with Gasteiger partial charge in [-0.25, -0.2) is 0 Å². The molecule has 0 spiro atoms. The van der Waals surface area contributed by atoms with E-state index >= 15 is 0 Å². The Morgan fingerprint density at radius 1 is 0.667 bits per heavy atom. The third-order valence-corrected chi connectivity index (χ3v) is 4.77. The Kier molecular flexibility index (Phi) is 5.99. The first-order chi connectivity index (χ1) is 11.8. The predicted octanol–water partition coefficient (Wildman–Crippen LogP) is 1.39. The quantitative estimate of drug-likeness (QED) is 0.673. The highest BCUT2D eigenvalue weighted by Crippen LogP contribution is 2.16. The van der Waals surface area contributed by atoms with Crippen molar-refractivity contribution in [3.8, 4) is 0 Å². The van der Waals surface area contributed by atoms with E-state index in [1.54, 1.807) is 0 Å². The van der Waals surface area contributed by atoms with Crippen LogP contribution in [0.15, 0.2) is 48.5 Å². The number of fused-ring (bicyclic) bond motifs is 2. The average molecular weight is 326 g/mol. The van der Waals surface area contributed by atoms with Crippen LogP contribution in [-0.4, -0.2) is 35.5 Å². The number of hydrogen-bond acceptors (Lipinski definition) is 4. The van der Waals surface area contributed by atoms with E-state index in [1.165, 1.54) is 22.3 Å². The van der Waals surface area contributed by atoms with Crippen LogP contribution in [0.4, 0.5) is 0 Å². The smallest absolute Gasteiger partial charge is 0.0587 e. The second-order valence-electron chi connectivity index (χ2n) is 6.47. The fourth-order valence-electron chi connectivity index (χ4n) is 3.30. The van der Waals surface area contributed by atoms with Gasteiger partial charge in [0.25, 0.3) is 0 Å². The molecule has 2 aliphatic rings. The second kappa shape index (κ2) is 8.40. The molecule has 4 rings (SSSR count). The van der Waals surface area contributed by atoms with Crippen molar-refractivity contribution in [3.63, 3.8) is 0 Å². The van der Waals surface area contributed by atoms with Crippen molar-refractivity contribution < 1.29 is 10.2 Å². The molecule has 4 heteroatoms. The van der Waals surface area contributed by atoms with Gasteiger partial charge in [-0.1, -0.05) is 48.5 Å². The Morgan fingerprint density at radius 3 is 1.42 bits per heavy atom. The minimum Gasteiger partial charge on any atom is -0.395 e. The summed E-state index contributed by atoms with van der Waals surface area (Å²) in [6, 6.07) is 17.3. The van der Waals surface area contributed by atoms with Gasteiger partial charge < -0.3 is 20.8 Å². The molecule has 2 atom stereocenters. The van der Waals surface area contributed by atoms with Crippen LogP contribution in [0.2, 0.25) is 0 Å². The molecular formula is C20H26N2O2. The van der Waals surface area contributed by atoms with Crippen LogP contribution in [0, 0.1) is 0 Å². The molecule has 2 aromatic carbocycles. The first-order valence-corrected chi connectivity index (χ1v) is 8.62. The van der Waals surface area contributed by atoms with E-state index in [2.05, 4.69) is 59.2 Å².